The van der Waals surface area contributed by atoms with E-state index in [-0.39, 0.29) is 0 Å². The first kappa shape index (κ1) is 14.8. The standard InChI is InChI=1S/C17H25N3/c1-17(2,3)11-10-16(18-4)14-12-19-20(13-14)15-8-6-5-7-9-15/h5-9,12-13,16,18H,10-11H2,1-4H3. The van der Waals surface area contributed by atoms with Gasteiger partial charge in [-0.15, -0.1) is 0 Å². The molecule has 0 aliphatic rings. The van der Waals surface area contributed by atoms with Gasteiger partial charge < -0.3 is 5.32 Å². The molecule has 0 radical (unpaired) electrons. The normalized spacial score (nSPS) is 13.4. The summed E-state index contributed by atoms with van der Waals surface area (Å²) >= 11 is 0. The van der Waals surface area contributed by atoms with Crippen LogP contribution in [0.1, 0.15) is 45.2 Å². The molecule has 108 valence electrons. The molecule has 1 aromatic heterocycles. The highest BCUT2D eigenvalue weighted by Gasteiger charge is 2.17. The summed E-state index contributed by atoms with van der Waals surface area (Å²) in [6, 6.07) is 10.6. The molecule has 0 saturated carbocycles. The van der Waals surface area contributed by atoms with E-state index in [1.54, 1.807) is 0 Å². The number of nitrogens with one attached hydrogen (secondary N) is 1. The number of rotatable bonds is 5. The fourth-order valence-corrected chi connectivity index (χ4v) is 2.29. The zero-order valence-electron chi connectivity index (χ0n) is 12.9. The summed E-state index contributed by atoms with van der Waals surface area (Å²) in [5, 5.41) is 7.88. The van der Waals surface area contributed by atoms with Crippen LogP contribution in [0.5, 0.6) is 0 Å². The summed E-state index contributed by atoms with van der Waals surface area (Å²) in [7, 11) is 2.02. The molecule has 1 heterocycles. The Morgan fingerprint density at radius 2 is 1.90 bits per heavy atom. The summed E-state index contributed by atoms with van der Waals surface area (Å²) in [6.45, 7) is 6.85. The maximum Gasteiger partial charge on any atom is 0.0645 e. The molecule has 1 aromatic carbocycles. The molecule has 0 aliphatic heterocycles. The van der Waals surface area contributed by atoms with E-state index in [2.05, 4.69) is 49.5 Å². The largest absolute Gasteiger partial charge is 0.313 e. The topological polar surface area (TPSA) is 29.9 Å². The Bertz CT molecular complexity index is 523. The van der Waals surface area contributed by atoms with Crippen LogP contribution in [0.15, 0.2) is 42.7 Å². The molecule has 0 saturated heterocycles. The Labute approximate surface area is 122 Å². The summed E-state index contributed by atoms with van der Waals surface area (Å²) in [5.41, 5.74) is 2.72. The molecule has 0 aliphatic carbocycles. The van der Waals surface area contributed by atoms with Crippen LogP contribution in [0, 0.1) is 5.41 Å². The zero-order valence-corrected chi connectivity index (χ0v) is 12.9. The molecule has 3 nitrogen and oxygen atoms in total. The lowest BCUT2D eigenvalue weighted by Crippen LogP contribution is -2.18. The molecule has 0 spiro atoms. The lowest BCUT2D eigenvalue weighted by Gasteiger charge is -2.22. The van der Waals surface area contributed by atoms with Gasteiger partial charge in [0.25, 0.3) is 0 Å². The van der Waals surface area contributed by atoms with Crippen LogP contribution in [0.2, 0.25) is 0 Å². The van der Waals surface area contributed by atoms with Gasteiger partial charge in [-0.2, -0.15) is 5.10 Å². The van der Waals surface area contributed by atoms with Crippen LogP contribution in [0.3, 0.4) is 0 Å². The van der Waals surface area contributed by atoms with Gasteiger partial charge in [-0.25, -0.2) is 4.68 Å². The molecule has 2 aromatic rings. The third-order valence-corrected chi connectivity index (χ3v) is 3.56. The van der Waals surface area contributed by atoms with E-state index in [0.717, 1.165) is 12.1 Å². The third kappa shape index (κ3) is 3.94. The number of para-hydroxylation sites is 1. The van der Waals surface area contributed by atoms with Crippen molar-refractivity contribution in [2.45, 2.75) is 39.7 Å². The maximum atomic E-state index is 4.48. The summed E-state index contributed by atoms with van der Waals surface area (Å²) < 4.78 is 1.94. The van der Waals surface area contributed by atoms with E-state index in [4.69, 9.17) is 0 Å². The smallest absolute Gasteiger partial charge is 0.0645 e. The second kappa shape index (κ2) is 6.23. The van der Waals surface area contributed by atoms with Crippen LogP contribution in [-0.4, -0.2) is 16.8 Å². The zero-order chi connectivity index (χ0) is 14.6. The quantitative estimate of drug-likeness (QED) is 0.892. The Hall–Kier alpha value is -1.61. The minimum absolute atomic E-state index is 0.366. The highest BCUT2D eigenvalue weighted by atomic mass is 15.3. The second-order valence-electron chi connectivity index (χ2n) is 6.49. The highest BCUT2D eigenvalue weighted by Crippen LogP contribution is 2.27. The van der Waals surface area contributed by atoms with E-state index in [1.807, 2.05) is 36.1 Å². The predicted octanol–water partition coefficient (Wildman–Crippen LogP) is 3.96. The van der Waals surface area contributed by atoms with Crippen molar-refractivity contribution in [3.63, 3.8) is 0 Å². The molecule has 2 rings (SSSR count). The van der Waals surface area contributed by atoms with Gasteiger partial charge in [-0.3, -0.25) is 0 Å². The van der Waals surface area contributed by atoms with Crippen molar-refractivity contribution >= 4 is 0 Å². The van der Waals surface area contributed by atoms with Crippen LogP contribution in [0.25, 0.3) is 5.69 Å². The van der Waals surface area contributed by atoms with Crippen LogP contribution in [-0.2, 0) is 0 Å². The Balaban J connectivity index is 2.10. The third-order valence-electron chi connectivity index (χ3n) is 3.56. The molecule has 1 unspecified atom stereocenters. The van der Waals surface area contributed by atoms with E-state index >= 15 is 0 Å². The SMILES string of the molecule is CNC(CCC(C)(C)C)c1cnn(-c2ccccc2)c1. The van der Waals surface area contributed by atoms with Gasteiger partial charge >= 0.3 is 0 Å². The van der Waals surface area contributed by atoms with Crippen LogP contribution in [0.4, 0.5) is 0 Å². The minimum atomic E-state index is 0.366. The Kier molecular flexibility index (Phi) is 4.61. The number of nitrogens with zero attached hydrogens (tertiary/aromatic N) is 2. The van der Waals surface area contributed by atoms with Gasteiger partial charge in [-0.05, 0) is 37.4 Å². The van der Waals surface area contributed by atoms with Gasteiger partial charge in [-0.1, -0.05) is 39.0 Å². The molecular formula is C17H25N3. The van der Waals surface area contributed by atoms with Crippen molar-refractivity contribution in [1.29, 1.82) is 0 Å². The van der Waals surface area contributed by atoms with Crippen molar-refractivity contribution in [2.24, 2.45) is 5.41 Å². The van der Waals surface area contributed by atoms with Crippen molar-refractivity contribution < 1.29 is 0 Å². The fourth-order valence-electron chi connectivity index (χ4n) is 2.29. The number of benzene rings is 1. The van der Waals surface area contributed by atoms with E-state index in [0.29, 0.717) is 11.5 Å². The molecule has 1 atom stereocenters. The van der Waals surface area contributed by atoms with Crippen molar-refractivity contribution in [3.8, 4) is 5.69 Å². The van der Waals surface area contributed by atoms with E-state index < -0.39 is 0 Å². The van der Waals surface area contributed by atoms with Crippen LogP contribution < -0.4 is 5.32 Å². The number of hydrogen-bond acceptors (Lipinski definition) is 2. The maximum absolute atomic E-state index is 4.48. The average Bonchev–Trinajstić information content (AvgIpc) is 2.89. The van der Waals surface area contributed by atoms with Crippen molar-refractivity contribution in [2.75, 3.05) is 7.05 Å². The molecule has 1 N–H and O–H groups in total. The van der Waals surface area contributed by atoms with Crippen molar-refractivity contribution in [3.05, 3.63) is 48.3 Å². The van der Waals surface area contributed by atoms with Gasteiger partial charge in [0.15, 0.2) is 0 Å². The average molecular weight is 271 g/mol. The first-order valence-electron chi connectivity index (χ1n) is 7.27. The molecule has 0 fully saturated rings. The van der Waals surface area contributed by atoms with Crippen LogP contribution >= 0.6 is 0 Å². The summed E-state index contributed by atoms with van der Waals surface area (Å²) in [5.74, 6) is 0. The molecule has 3 heteroatoms. The summed E-state index contributed by atoms with van der Waals surface area (Å²) in [4.78, 5) is 0. The van der Waals surface area contributed by atoms with E-state index in [9.17, 15) is 0 Å². The lowest BCUT2D eigenvalue weighted by molar-refractivity contribution is 0.338. The Morgan fingerprint density at radius 3 is 2.50 bits per heavy atom. The van der Waals surface area contributed by atoms with Gasteiger partial charge in [0, 0.05) is 17.8 Å². The monoisotopic (exact) mass is 271 g/mol. The second-order valence-corrected chi connectivity index (χ2v) is 6.49. The molecular weight excluding hydrogens is 246 g/mol. The molecule has 20 heavy (non-hydrogen) atoms. The number of aromatic nitrogens is 2. The highest BCUT2D eigenvalue weighted by molar-refractivity contribution is 5.31. The van der Waals surface area contributed by atoms with E-state index in [1.165, 1.54) is 12.0 Å². The fraction of sp³-hybridized carbons (Fsp3) is 0.471. The first-order valence-corrected chi connectivity index (χ1v) is 7.27. The number of hydrogen-bond donors (Lipinski definition) is 1. The van der Waals surface area contributed by atoms with Gasteiger partial charge in [0.05, 0.1) is 11.9 Å². The van der Waals surface area contributed by atoms with Gasteiger partial charge in [0.1, 0.15) is 0 Å². The predicted molar refractivity (Wildman–Crippen MR) is 84.1 cm³/mol. The summed E-state index contributed by atoms with van der Waals surface area (Å²) in [6.07, 6.45) is 6.41. The minimum Gasteiger partial charge on any atom is -0.313 e. The Morgan fingerprint density at radius 1 is 1.20 bits per heavy atom. The lowest BCUT2D eigenvalue weighted by atomic mass is 9.88. The van der Waals surface area contributed by atoms with Crippen molar-refractivity contribution in [1.82, 2.24) is 15.1 Å². The molecule has 0 bridgehead atoms. The first-order chi connectivity index (χ1) is 9.49. The van der Waals surface area contributed by atoms with Gasteiger partial charge in [0.2, 0.25) is 0 Å². The molecule has 0 amide bonds.